The lowest BCUT2D eigenvalue weighted by molar-refractivity contribution is 0.441. The van der Waals surface area contributed by atoms with Crippen LogP contribution in [0.25, 0.3) is 0 Å². The molecule has 3 rings (SSSR count). The number of isocyanates is 1. The van der Waals surface area contributed by atoms with Crippen molar-refractivity contribution in [2.45, 2.75) is 69.2 Å². The van der Waals surface area contributed by atoms with Gasteiger partial charge >= 0.3 is 0 Å². The van der Waals surface area contributed by atoms with Crippen molar-refractivity contribution in [3.05, 3.63) is 34.3 Å². The van der Waals surface area contributed by atoms with Gasteiger partial charge in [0.05, 0.1) is 5.54 Å². The molecule has 2 aliphatic carbocycles. The lowest BCUT2D eigenvalue weighted by Crippen LogP contribution is -2.19. The molecule has 0 N–H and O–H groups in total. The lowest BCUT2D eigenvalue weighted by Gasteiger charge is -2.26. The van der Waals surface area contributed by atoms with Crippen LogP contribution >= 0.6 is 11.6 Å². The van der Waals surface area contributed by atoms with Crippen LogP contribution in [0.2, 0.25) is 5.02 Å². The Kier molecular flexibility index (Phi) is 4.47. The standard InChI is InChI=1S/C18H22ClNO/c19-17-12-15(18(20-13-21)10-4-5-11-18)8-9-16(17)14-6-2-1-3-7-14/h8-9,12,14H,1-7,10-11H2. The summed E-state index contributed by atoms with van der Waals surface area (Å²) in [4.78, 5) is 15.0. The average Bonchev–Trinajstić information content (AvgIpc) is 2.98. The van der Waals surface area contributed by atoms with Crippen molar-refractivity contribution in [3.8, 4) is 0 Å². The number of benzene rings is 1. The summed E-state index contributed by atoms with van der Waals surface area (Å²) in [5, 5.41) is 0.853. The predicted octanol–water partition coefficient (Wildman–Crippen LogP) is 5.49. The van der Waals surface area contributed by atoms with Crippen LogP contribution in [0.5, 0.6) is 0 Å². The highest BCUT2D eigenvalue weighted by atomic mass is 35.5. The van der Waals surface area contributed by atoms with E-state index < -0.39 is 0 Å². The Balaban J connectivity index is 1.91. The molecule has 0 spiro atoms. The summed E-state index contributed by atoms with van der Waals surface area (Å²) in [5.74, 6) is 0.606. The zero-order valence-electron chi connectivity index (χ0n) is 12.4. The maximum absolute atomic E-state index is 10.8. The Morgan fingerprint density at radius 3 is 2.43 bits per heavy atom. The second kappa shape index (κ2) is 6.34. The number of aliphatic imine (C=N–C) groups is 1. The summed E-state index contributed by atoms with van der Waals surface area (Å²) >= 11 is 6.56. The summed E-state index contributed by atoms with van der Waals surface area (Å²) < 4.78 is 0. The van der Waals surface area contributed by atoms with Crippen LogP contribution < -0.4 is 0 Å². The Labute approximate surface area is 131 Å². The zero-order valence-corrected chi connectivity index (χ0v) is 13.2. The van der Waals surface area contributed by atoms with Gasteiger partial charge in [0.2, 0.25) is 6.08 Å². The van der Waals surface area contributed by atoms with E-state index in [0.717, 1.165) is 36.3 Å². The first-order valence-electron chi connectivity index (χ1n) is 8.14. The van der Waals surface area contributed by atoms with E-state index in [1.807, 2.05) is 0 Å². The lowest BCUT2D eigenvalue weighted by atomic mass is 9.82. The van der Waals surface area contributed by atoms with Gasteiger partial charge in [-0.15, -0.1) is 0 Å². The molecule has 1 aromatic carbocycles. The fourth-order valence-electron chi connectivity index (χ4n) is 4.07. The Morgan fingerprint density at radius 1 is 1.10 bits per heavy atom. The predicted molar refractivity (Wildman–Crippen MR) is 85.5 cm³/mol. The first kappa shape index (κ1) is 14.8. The molecule has 0 heterocycles. The van der Waals surface area contributed by atoms with Crippen LogP contribution in [0.3, 0.4) is 0 Å². The topological polar surface area (TPSA) is 29.4 Å². The number of hydrogen-bond donors (Lipinski definition) is 0. The molecule has 21 heavy (non-hydrogen) atoms. The number of halogens is 1. The fourth-order valence-corrected chi connectivity index (χ4v) is 4.41. The SMILES string of the molecule is O=C=NC1(c2ccc(C3CCCCC3)c(Cl)c2)CCCC1. The van der Waals surface area contributed by atoms with Crippen molar-refractivity contribution in [3.63, 3.8) is 0 Å². The van der Waals surface area contributed by atoms with E-state index in [9.17, 15) is 4.79 Å². The van der Waals surface area contributed by atoms with Crippen LogP contribution in [-0.2, 0) is 10.3 Å². The van der Waals surface area contributed by atoms with Crippen LogP contribution in [0.4, 0.5) is 0 Å². The van der Waals surface area contributed by atoms with Crippen molar-refractivity contribution in [1.29, 1.82) is 0 Å². The van der Waals surface area contributed by atoms with E-state index in [2.05, 4.69) is 23.2 Å². The molecular formula is C18H22ClNO. The van der Waals surface area contributed by atoms with Crippen LogP contribution in [0.15, 0.2) is 23.2 Å². The zero-order chi connectivity index (χ0) is 14.7. The Morgan fingerprint density at radius 2 is 1.81 bits per heavy atom. The molecule has 2 aliphatic rings. The highest BCUT2D eigenvalue weighted by molar-refractivity contribution is 6.31. The molecule has 0 atom stereocenters. The molecule has 0 unspecified atom stereocenters. The van der Waals surface area contributed by atoms with Gasteiger partial charge in [0.25, 0.3) is 0 Å². The Hall–Kier alpha value is -1.11. The van der Waals surface area contributed by atoms with Crippen molar-refractivity contribution < 1.29 is 4.79 Å². The quantitative estimate of drug-likeness (QED) is 0.536. The minimum Gasteiger partial charge on any atom is -0.211 e. The molecule has 0 bridgehead atoms. The second-order valence-electron chi connectivity index (χ2n) is 6.51. The maximum Gasteiger partial charge on any atom is 0.235 e. The van der Waals surface area contributed by atoms with Gasteiger partial charge in [-0.05, 0) is 48.8 Å². The summed E-state index contributed by atoms with van der Waals surface area (Å²) in [7, 11) is 0. The third kappa shape index (κ3) is 2.93. The highest BCUT2D eigenvalue weighted by Gasteiger charge is 2.36. The van der Waals surface area contributed by atoms with Gasteiger partial charge < -0.3 is 0 Å². The smallest absolute Gasteiger partial charge is 0.211 e. The molecule has 2 fully saturated rings. The molecule has 112 valence electrons. The normalized spacial score (nSPS) is 22.0. The number of carbonyl (C=O) groups excluding carboxylic acids is 1. The molecule has 2 saturated carbocycles. The average molecular weight is 304 g/mol. The van der Waals surface area contributed by atoms with Crippen molar-refractivity contribution >= 4 is 17.7 Å². The maximum atomic E-state index is 10.8. The Bertz CT molecular complexity index is 550. The molecule has 0 aliphatic heterocycles. The van der Waals surface area contributed by atoms with Crippen molar-refractivity contribution in [1.82, 2.24) is 0 Å². The molecule has 0 saturated heterocycles. The molecular weight excluding hydrogens is 282 g/mol. The molecule has 2 nitrogen and oxygen atoms in total. The van der Waals surface area contributed by atoms with E-state index in [1.165, 1.54) is 37.7 Å². The molecule has 0 amide bonds. The van der Waals surface area contributed by atoms with Gasteiger partial charge in [-0.2, -0.15) is 4.99 Å². The summed E-state index contributed by atoms with van der Waals surface area (Å²) in [6, 6.07) is 6.37. The third-order valence-corrected chi connectivity index (χ3v) is 5.60. The van der Waals surface area contributed by atoms with Crippen LogP contribution in [0, 0.1) is 0 Å². The van der Waals surface area contributed by atoms with Gasteiger partial charge in [0, 0.05) is 5.02 Å². The minimum atomic E-state index is -0.365. The fraction of sp³-hybridized carbons (Fsp3) is 0.611. The van der Waals surface area contributed by atoms with E-state index >= 15 is 0 Å². The van der Waals surface area contributed by atoms with Gasteiger partial charge in [-0.1, -0.05) is 55.8 Å². The minimum absolute atomic E-state index is 0.365. The summed E-state index contributed by atoms with van der Waals surface area (Å²) in [5.41, 5.74) is 2.01. The molecule has 0 radical (unpaired) electrons. The number of rotatable bonds is 3. The highest BCUT2D eigenvalue weighted by Crippen LogP contribution is 2.44. The van der Waals surface area contributed by atoms with Gasteiger partial charge in [-0.3, -0.25) is 0 Å². The molecule has 0 aromatic heterocycles. The van der Waals surface area contributed by atoms with Crippen LogP contribution in [0.1, 0.15) is 74.8 Å². The van der Waals surface area contributed by atoms with Crippen molar-refractivity contribution in [2.24, 2.45) is 4.99 Å². The second-order valence-corrected chi connectivity index (χ2v) is 6.92. The van der Waals surface area contributed by atoms with E-state index in [0.29, 0.717) is 5.92 Å². The molecule has 1 aromatic rings. The van der Waals surface area contributed by atoms with E-state index in [-0.39, 0.29) is 5.54 Å². The van der Waals surface area contributed by atoms with E-state index in [1.54, 1.807) is 6.08 Å². The summed E-state index contributed by atoms with van der Waals surface area (Å²) in [6.07, 6.45) is 12.3. The summed E-state index contributed by atoms with van der Waals surface area (Å²) in [6.45, 7) is 0. The monoisotopic (exact) mass is 303 g/mol. The third-order valence-electron chi connectivity index (χ3n) is 5.27. The van der Waals surface area contributed by atoms with Gasteiger partial charge in [0.1, 0.15) is 0 Å². The van der Waals surface area contributed by atoms with Gasteiger partial charge in [0.15, 0.2) is 0 Å². The van der Waals surface area contributed by atoms with E-state index in [4.69, 9.17) is 11.6 Å². The van der Waals surface area contributed by atoms with Crippen molar-refractivity contribution in [2.75, 3.05) is 0 Å². The first-order chi connectivity index (χ1) is 10.2. The van der Waals surface area contributed by atoms with Gasteiger partial charge in [-0.25, -0.2) is 4.79 Å². The number of nitrogens with zero attached hydrogens (tertiary/aromatic N) is 1. The molecule has 3 heteroatoms. The number of hydrogen-bond acceptors (Lipinski definition) is 2. The van der Waals surface area contributed by atoms with Crippen LogP contribution in [-0.4, -0.2) is 6.08 Å². The largest absolute Gasteiger partial charge is 0.235 e. The first-order valence-corrected chi connectivity index (χ1v) is 8.52.